The van der Waals surface area contributed by atoms with Gasteiger partial charge in [0.1, 0.15) is 0 Å². The molecule has 3 heteroatoms. The van der Waals surface area contributed by atoms with Gasteiger partial charge in [0.2, 0.25) is 0 Å². The highest BCUT2D eigenvalue weighted by atomic mass is 79.9. The number of benzene rings is 1. The quantitative estimate of drug-likeness (QED) is 0.899. The Bertz CT molecular complexity index is 295. The average molecular weight is 259 g/mol. The lowest BCUT2D eigenvalue weighted by Gasteiger charge is -2.26. The number of halogens is 1. The highest BCUT2D eigenvalue weighted by Gasteiger charge is 2.23. The fraction of sp³-hybridized carbons (Fsp3) is 0.455. The van der Waals surface area contributed by atoms with E-state index in [2.05, 4.69) is 15.9 Å². The molecule has 0 aliphatic rings. The molecule has 0 aromatic heterocycles. The lowest BCUT2D eigenvalue weighted by Crippen LogP contribution is -2.34. The van der Waals surface area contributed by atoms with Crippen LogP contribution >= 0.6 is 15.9 Å². The number of methoxy groups -OCH3 is 1. The Morgan fingerprint density at radius 3 is 2.57 bits per heavy atom. The molecule has 1 aromatic carbocycles. The van der Waals surface area contributed by atoms with Crippen LogP contribution in [0, 0.1) is 0 Å². The Balaban J connectivity index is 2.82. The second-order valence-electron chi connectivity index (χ2n) is 3.58. The van der Waals surface area contributed by atoms with E-state index in [4.69, 9.17) is 4.74 Å². The minimum atomic E-state index is -0.496. The second kappa shape index (κ2) is 4.91. The van der Waals surface area contributed by atoms with Gasteiger partial charge in [-0.1, -0.05) is 34.1 Å². The predicted molar refractivity (Wildman–Crippen MR) is 60.3 cm³/mol. The van der Waals surface area contributed by atoms with Crippen molar-refractivity contribution in [3.8, 4) is 0 Å². The summed E-state index contributed by atoms with van der Waals surface area (Å²) in [5.74, 6) is 0. The average Bonchev–Trinajstić information content (AvgIpc) is 2.21. The van der Waals surface area contributed by atoms with E-state index in [9.17, 15) is 5.11 Å². The van der Waals surface area contributed by atoms with Gasteiger partial charge >= 0.3 is 0 Å². The molecule has 0 aliphatic carbocycles. The van der Waals surface area contributed by atoms with Gasteiger partial charge in [-0.05, 0) is 18.6 Å². The number of rotatable bonds is 4. The fourth-order valence-corrected chi connectivity index (χ4v) is 1.66. The van der Waals surface area contributed by atoms with Crippen LogP contribution in [0.15, 0.2) is 28.7 Å². The molecule has 78 valence electrons. The third kappa shape index (κ3) is 2.80. The Morgan fingerprint density at radius 2 is 2.07 bits per heavy atom. The summed E-state index contributed by atoms with van der Waals surface area (Å²) >= 11 is 3.47. The van der Waals surface area contributed by atoms with E-state index in [1.807, 2.05) is 31.2 Å². The van der Waals surface area contributed by atoms with E-state index in [-0.39, 0.29) is 6.61 Å². The van der Waals surface area contributed by atoms with E-state index in [1.54, 1.807) is 7.11 Å². The Labute approximate surface area is 93.0 Å². The molecular weight excluding hydrogens is 244 g/mol. The molecule has 0 bridgehead atoms. The molecule has 1 aromatic rings. The molecule has 0 saturated heterocycles. The molecular formula is C11H15BrO2. The van der Waals surface area contributed by atoms with Crippen LogP contribution in [0.25, 0.3) is 0 Å². The van der Waals surface area contributed by atoms with Crippen molar-refractivity contribution in [2.75, 3.05) is 13.7 Å². The van der Waals surface area contributed by atoms with Crippen molar-refractivity contribution in [2.24, 2.45) is 0 Å². The Kier molecular flexibility index (Phi) is 4.11. The molecule has 0 radical (unpaired) electrons. The van der Waals surface area contributed by atoms with Gasteiger partial charge in [0.05, 0.1) is 12.2 Å². The molecule has 0 heterocycles. The molecule has 0 saturated carbocycles. The third-order valence-electron chi connectivity index (χ3n) is 2.35. The van der Waals surface area contributed by atoms with Crippen LogP contribution in [-0.4, -0.2) is 24.4 Å². The van der Waals surface area contributed by atoms with Crippen LogP contribution in [0.4, 0.5) is 0 Å². The summed E-state index contributed by atoms with van der Waals surface area (Å²) in [5.41, 5.74) is 0.648. The van der Waals surface area contributed by atoms with Crippen molar-refractivity contribution in [1.29, 1.82) is 0 Å². The number of hydrogen-bond acceptors (Lipinski definition) is 2. The van der Waals surface area contributed by atoms with Crippen LogP contribution < -0.4 is 0 Å². The zero-order valence-corrected chi connectivity index (χ0v) is 10.0. The van der Waals surface area contributed by atoms with Crippen molar-refractivity contribution in [3.63, 3.8) is 0 Å². The first kappa shape index (κ1) is 11.7. The molecule has 1 unspecified atom stereocenters. The lowest BCUT2D eigenvalue weighted by molar-refractivity contribution is -0.0369. The highest BCUT2D eigenvalue weighted by Crippen LogP contribution is 2.22. The van der Waals surface area contributed by atoms with Gasteiger partial charge in [0.15, 0.2) is 0 Å². The number of aliphatic hydroxyl groups is 1. The number of aliphatic hydroxyl groups excluding tert-OH is 1. The van der Waals surface area contributed by atoms with Gasteiger partial charge in [-0.25, -0.2) is 0 Å². The van der Waals surface area contributed by atoms with Gasteiger partial charge in [0.25, 0.3) is 0 Å². The largest absolute Gasteiger partial charge is 0.393 e. The van der Waals surface area contributed by atoms with Crippen LogP contribution in [0.1, 0.15) is 12.5 Å². The van der Waals surface area contributed by atoms with E-state index < -0.39 is 5.60 Å². The Hall–Kier alpha value is -0.380. The van der Waals surface area contributed by atoms with Crippen LogP contribution in [0.5, 0.6) is 0 Å². The van der Waals surface area contributed by atoms with Crippen LogP contribution in [-0.2, 0) is 11.2 Å². The summed E-state index contributed by atoms with van der Waals surface area (Å²) in [6.45, 7) is 1.91. The lowest BCUT2D eigenvalue weighted by atomic mass is 9.97. The highest BCUT2D eigenvalue weighted by molar-refractivity contribution is 9.10. The van der Waals surface area contributed by atoms with E-state index in [0.717, 1.165) is 10.0 Å². The molecule has 0 fully saturated rings. The van der Waals surface area contributed by atoms with Crippen LogP contribution in [0.3, 0.4) is 0 Å². The summed E-state index contributed by atoms with van der Waals surface area (Å²) in [5, 5.41) is 9.20. The first-order chi connectivity index (χ1) is 6.61. The van der Waals surface area contributed by atoms with Gasteiger partial charge in [-0.2, -0.15) is 0 Å². The SMILES string of the molecule is COC(C)(CO)Cc1ccccc1Br. The topological polar surface area (TPSA) is 29.5 Å². The van der Waals surface area contributed by atoms with Crippen molar-refractivity contribution in [1.82, 2.24) is 0 Å². The minimum absolute atomic E-state index is 0.0187. The molecule has 14 heavy (non-hydrogen) atoms. The summed E-state index contributed by atoms with van der Waals surface area (Å²) in [4.78, 5) is 0. The monoisotopic (exact) mass is 258 g/mol. The molecule has 1 N–H and O–H groups in total. The summed E-state index contributed by atoms with van der Waals surface area (Å²) in [6.07, 6.45) is 0.696. The number of ether oxygens (including phenoxy) is 1. The zero-order valence-electron chi connectivity index (χ0n) is 8.46. The third-order valence-corrected chi connectivity index (χ3v) is 3.12. The molecule has 0 amide bonds. The second-order valence-corrected chi connectivity index (χ2v) is 4.43. The van der Waals surface area contributed by atoms with E-state index in [0.29, 0.717) is 6.42 Å². The fourth-order valence-electron chi connectivity index (χ4n) is 1.24. The van der Waals surface area contributed by atoms with Crippen molar-refractivity contribution >= 4 is 15.9 Å². The number of hydrogen-bond donors (Lipinski definition) is 1. The zero-order chi connectivity index (χ0) is 10.6. The van der Waals surface area contributed by atoms with Crippen molar-refractivity contribution in [3.05, 3.63) is 34.3 Å². The van der Waals surface area contributed by atoms with Gasteiger partial charge in [0, 0.05) is 18.0 Å². The normalized spacial score (nSPS) is 15.1. The predicted octanol–water partition coefficient (Wildman–Crippen LogP) is 2.39. The van der Waals surface area contributed by atoms with E-state index in [1.165, 1.54) is 0 Å². The maximum absolute atomic E-state index is 9.20. The first-order valence-electron chi connectivity index (χ1n) is 4.51. The molecule has 1 atom stereocenters. The smallest absolute Gasteiger partial charge is 0.0920 e. The summed E-state index contributed by atoms with van der Waals surface area (Å²) in [6, 6.07) is 7.96. The summed E-state index contributed by atoms with van der Waals surface area (Å²) < 4.78 is 6.33. The molecule has 0 spiro atoms. The molecule has 2 nitrogen and oxygen atoms in total. The molecule has 0 aliphatic heterocycles. The Morgan fingerprint density at radius 1 is 1.43 bits per heavy atom. The van der Waals surface area contributed by atoms with E-state index >= 15 is 0 Å². The summed E-state index contributed by atoms with van der Waals surface area (Å²) in [7, 11) is 1.62. The van der Waals surface area contributed by atoms with Crippen molar-refractivity contribution < 1.29 is 9.84 Å². The van der Waals surface area contributed by atoms with Gasteiger partial charge in [-0.3, -0.25) is 0 Å². The maximum Gasteiger partial charge on any atom is 0.0920 e. The van der Waals surface area contributed by atoms with Crippen LogP contribution in [0.2, 0.25) is 0 Å². The standard InChI is InChI=1S/C11H15BrO2/c1-11(8-13,14-2)7-9-5-3-4-6-10(9)12/h3-6,13H,7-8H2,1-2H3. The maximum atomic E-state index is 9.20. The van der Waals surface area contributed by atoms with Crippen molar-refractivity contribution in [2.45, 2.75) is 18.9 Å². The van der Waals surface area contributed by atoms with Gasteiger partial charge < -0.3 is 9.84 Å². The van der Waals surface area contributed by atoms with Gasteiger partial charge in [-0.15, -0.1) is 0 Å². The first-order valence-corrected chi connectivity index (χ1v) is 5.30. The molecule has 1 rings (SSSR count). The minimum Gasteiger partial charge on any atom is -0.393 e.